The lowest BCUT2D eigenvalue weighted by Gasteiger charge is -2.23. The Morgan fingerprint density at radius 1 is 0.973 bits per heavy atom. The molecule has 0 fully saturated rings. The molecule has 0 bridgehead atoms. The highest BCUT2D eigenvalue weighted by molar-refractivity contribution is 6.05. The fraction of sp³-hybridized carbons (Fsp3) is 0.226. The highest BCUT2D eigenvalue weighted by atomic mass is 16.5. The molecule has 1 aliphatic rings. The molecule has 0 amide bonds. The number of esters is 1. The maximum absolute atomic E-state index is 13.5. The van der Waals surface area contributed by atoms with Crippen molar-refractivity contribution in [2.24, 2.45) is 0 Å². The Balaban J connectivity index is 1.75. The highest BCUT2D eigenvalue weighted by Gasteiger charge is 2.32. The molecule has 0 aliphatic carbocycles. The van der Waals surface area contributed by atoms with Crippen LogP contribution >= 0.6 is 0 Å². The van der Waals surface area contributed by atoms with Gasteiger partial charge in [0.2, 0.25) is 0 Å². The molecule has 1 aliphatic heterocycles. The predicted octanol–water partition coefficient (Wildman–Crippen LogP) is 6.42. The Hall–Kier alpha value is -4.50. The van der Waals surface area contributed by atoms with Crippen molar-refractivity contribution in [3.8, 4) is 51.1 Å². The number of hydrogen-bond donors (Lipinski definition) is 0. The number of carbonyl (C=O) groups is 1. The number of aryl methyl sites for hydroxylation is 1. The van der Waals surface area contributed by atoms with Gasteiger partial charge >= 0.3 is 5.97 Å². The second kappa shape index (κ2) is 9.87. The van der Waals surface area contributed by atoms with Gasteiger partial charge < -0.3 is 18.8 Å². The van der Waals surface area contributed by atoms with Crippen LogP contribution in [0.3, 0.4) is 0 Å². The van der Waals surface area contributed by atoms with Crippen LogP contribution in [0.25, 0.3) is 33.5 Å². The largest absolute Gasteiger partial charge is 0.493 e. The van der Waals surface area contributed by atoms with Gasteiger partial charge in [-0.25, -0.2) is 4.79 Å². The second-order valence-electron chi connectivity index (χ2n) is 8.94. The summed E-state index contributed by atoms with van der Waals surface area (Å²) in [5, 5.41) is 9.35. The molecule has 0 atom stereocenters. The van der Waals surface area contributed by atoms with E-state index < -0.39 is 0 Å². The van der Waals surface area contributed by atoms with Crippen molar-refractivity contribution in [3.63, 3.8) is 0 Å². The predicted molar refractivity (Wildman–Crippen MR) is 143 cm³/mol. The smallest absolute Gasteiger partial charge is 0.340 e. The molecule has 0 radical (unpaired) electrons. The van der Waals surface area contributed by atoms with Crippen LogP contribution in [0.2, 0.25) is 0 Å². The number of rotatable bonds is 6. The Morgan fingerprint density at radius 3 is 2.35 bits per heavy atom. The molecular formula is C31H28N2O4. The van der Waals surface area contributed by atoms with Gasteiger partial charge in [-0.15, -0.1) is 0 Å². The van der Waals surface area contributed by atoms with Gasteiger partial charge in [-0.3, -0.25) is 0 Å². The van der Waals surface area contributed by atoms with Gasteiger partial charge in [0, 0.05) is 23.4 Å². The number of aromatic nitrogens is 1. The van der Waals surface area contributed by atoms with Crippen molar-refractivity contribution in [1.29, 1.82) is 5.26 Å². The lowest BCUT2D eigenvalue weighted by atomic mass is 9.92. The van der Waals surface area contributed by atoms with Crippen molar-refractivity contribution >= 4 is 5.97 Å². The standard InChI is InChI=1S/C31H28N2O4/c1-5-37-31(34)29-28(24-11-7-10-22(15-24)21-9-6-8-20(14-21)18-32)19(2)33-13-12-23-16-26(35-3)27(36-4)17-25(23)30(29)33/h6-11,14-17H,5,12-13H2,1-4H3. The van der Waals surface area contributed by atoms with Crippen LogP contribution in [0.4, 0.5) is 0 Å². The lowest BCUT2D eigenvalue weighted by molar-refractivity contribution is 0.0528. The molecule has 0 saturated heterocycles. The molecule has 6 nitrogen and oxygen atoms in total. The highest BCUT2D eigenvalue weighted by Crippen LogP contribution is 2.45. The minimum absolute atomic E-state index is 0.279. The van der Waals surface area contributed by atoms with E-state index in [1.54, 1.807) is 20.3 Å². The van der Waals surface area contributed by atoms with Crippen molar-refractivity contribution in [2.75, 3.05) is 20.8 Å². The van der Waals surface area contributed by atoms with Gasteiger partial charge in [0.15, 0.2) is 11.5 Å². The maximum atomic E-state index is 13.5. The molecule has 37 heavy (non-hydrogen) atoms. The van der Waals surface area contributed by atoms with Crippen LogP contribution in [0.5, 0.6) is 11.5 Å². The first kappa shape index (κ1) is 24.2. The number of methoxy groups -OCH3 is 2. The molecule has 4 aromatic rings. The SMILES string of the molecule is CCOC(=O)c1c(-c2cccc(-c3cccc(C#N)c3)c2)c(C)n2c1-c1cc(OC)c(OC)cc1CC2. The maximum Gasteiger partial charge on any atom is 0.340 e. The molecule has 6 heteroatoms. The Kier molecular flexibility index (Phi) is 6.45. The molecule has 5 rings (SSSR count). The molecule has 0 unspecified atom stereocenters. The average molecular weight is 493 g/mol. The first-order chi connectivity index (χ1) is 18.0. The van der Waals surface area contributed by atoms with Crippen molar-refractivity contribution < 1.29 is 19.0 Å². The summed E-state index contributed by atoms with van der Waals surface area (Å²) in [5.74, 6) is 0.932. The average Bonchev–Trinajstić information content (AvgIpc) is 3.25. The number of ether oxygens (including phenoxy) is 3. The molecule has 2 heterocycles. The van der Waals surface area contributed by atoms with Crippen molar-refractivity contribution in [2.45, 2.75) is 26.8 Å². The number of carbonyl (C=O) groups excluding carboxylic acids is 1. The molecule has 0 spiro atoms. The van der Waals surface area contributed by atoms with Crippen molar-refractivity contribution in [1.82, 2.24) is 4.57 Å². The van der Waals surface area contributed by atoms with E-state index in [0.717, 1.165) is 57.7 Å². The van der Waals surface area contributed by atoms with E-state index in [-0.39, 0.29) is 12.6 Å². The molecule has 1 aromatic heterocycles. The first-order valence-electron chi connectivity index (χ1n) is 12.3. The third kappa shape index (κ3) is 4.13. The van der Waals surface area contributed by atoms with E-state index in [1.165, 1.54) is 0 Å². The van der Waals surface area contributed by atoms with Gasteiger partial charge in [-0.2, -0.15) is 5.26 Å². The number of nitrogens with zero attached hydrogens (tertiary/aromatic N) is 2. The zero-order valence-electron chi connectivity index (χ0n) is 21.4. The summed E-state index contributed by atoms with van der Waals surface area (Å²) in [5.41, 5.74) is 8.73. The summed E-state index contributed by atoms with van der Waals surface area (Å²) in [6.07, 6.45) is 0.806. The number of fused-ring (bicyclic) bond motifs is 3. The number of nitriles is 1. The zero-order chi connectivity index (χ0) is 26.1. The zero-order valence-corrected chi connectivity index (χ0v) is 21.4. The van der Waals surface area contributed by atoms with Crippen LogP contribution in [-0.2, 0) is 17.7 Å². The molecule has 0 N–H and O–H groups in total. The lowest BCUT2D eigenvalue weighted by Crippen LogP contribution is -2.15. The van der Waals surface area contributed by atoms with Gasteiger partial charge in [-0.1, -0.05) is 30.3 Å². The molecule has 186 valence electrons. The van der Waals surface area contributed by atoms with Crippen LogP contribution in [0.1, 0.15) is 34.1 Å². The van der Waals surface area contributed by atoms with Gasteiger partial charge in [0.1, 0.15) is 0 Å². The number of benzene rings is 3. The topological polar surface area (TPSA) is 73.5 Å². The second-order valence-corrected chi connectivity index (χ2v) is 8.94. The molecule has 0 saturated carbocycles. The van der Waals surface area contributed by atoms with Crippen LogP contribution in [-0.4, -0.2) is 31.4 Å². The van der Waals surface area contributed by atoms with Gasteiger partial charge in [0.25, 0.3) is 0 Å². The van der Waals surface area contributed by atoms with E-state index in [1.807, 2.05) is 55.5 Å². The van der Waals surface area contributed by atoms with E-state index >= 15 is 0 Å². The van der Waals surface area contributed by atoms with E-state index in [2.05, 4.69) is 23.6 Å². The summed E-state index contributed by atoms with van der Waals surface area (Å²) >= 11 is 0. The monoisotopic (exact) mass is 492 g/mol. The summed E-state index contributed by atoms with van der Waals surface area (Å²) in [6, 6.07) is 21.8. The quantitative estimate of drug-likeness (QED) is 0.291. The van der Waals surface area contributed by atoms with Gasteiger partial charge in [-0.05, 0) is 72.9 Å². The summed E-state index contributed by atoms with van der Waals surface area (Å²) < 4.78 is 18.9. The van der Waals surface area contributed by atoms with E-state index in [4.69, 9.17) is 14.2 Å². The van der Waals surface area contributed by atoms with Crippen LogP contribution in [0, 0.1) is 18.3 Å². The minimum atomic E-state index is -0.353. The number of hydrogen-bond acceptors (Lipinski definition) is 5. The summed E-state index contributed by atoms with van der Waals surface area (Å²) in [7, 11) is 3.24. The third-order valence-electron chi connectivity index (χ3n) is 6.95. The Morgan fingerprint density at radius 2 is 1.65 bits per heavy atom. The van der Waals surface area contributed by atoms with Crippen LogP contribution < -0.4 is 9.47 Å². The molecular weight excluding hydrogens is 464 g/mol. The van der Waals surface area contributed by atoms with Crippen LogP contribution in [0.15, 0.2) is 60.7 Å². The van der Waals surface area contributed by atoms with Gasteiger partial charge in [0.05, 0.1) is 43.7 Å². The Labute approximate surface area is 216 Å². The van der Waals surface area contributed by atoms with E-state index in [0.29, 0.717) is 22.6 Å². The summed E-state index contributed by atoms with van der Waals surface area (Å²) in [4.78, 5) is 13.5. The fourth-order valence-corrected chi connectivity index (χ4v) is 5.25. The van der Waals surface area contributed by atoms with Crippen molar-refractivity contribution in [3.05, 3.63) is 83.0 Å². The minimum Gasteiger partial charge on any atom is -0.493 e. The Bertz CT molecular complexity index is 1560. The third-order valence-corrected chi connectivity index (χ3v) is 6.95. The fourth-order valence-electron chi connectivity index (χ4n) is 5.25. The first-order valence-corrected chi connectivity index (χ1v) is 12.3. The van der Waals surface area contributed by atoms with E-state index in [9.17, 15) is 10.1 Å². The normalized spacial score (nSPS) is 11.8. The molecule has 3 aromatic carbocycles. The summed E-state index contributed by atoms with van der Waals surface area (Å²) in [6.45, 7) is 4.88.